The summed E-state index contributed by atoms with van der Waals surface area (Å²) in [4.78, 5) is 25.2. The van der Waals surface area contributed by atoms with E-state index in [-0.39, 0.29) is 35.9 Å². The Morgan fingerprint density at radius 1 is 1.28 bits per heavy atom. The number of amides is 2. The lowest BCUT2D eigenvalue weighted by atomic mass is 10.3. The Bertz CT molecular complexity index is 427. The van der Waals surface area contributed by atoms with Gasteiger partial charge in [-0.05, 0) is 12.1 Å². The Hall–Kier alpha value is -1.04. The molecule has 2 rings (SSSR count). The van der Waals surface area contributed by atoms with Crippen LogP contribution in [0.2, 0.25) is 0 Å². The highest BCUT2D eigenvalue weighted by atomic mass is 35.5. The van der Waals surface area contributed by atoms with Crippen molar-refractivity contribution in [1.29, 1.82) is 0 Å². The molecule has 0 aromatic heterocycles. The van der Waals surface area contributed by atoms with E-state index in [9.17, 15) is 9.59 Å². The van der Waals surface area contributed by atoms with Crippen LogP contribution in [0.1, 0.15) is 6.42 Å². The third-order valence-corrected chi connectivity index (χ3v) is 3.80. The molecule has 1 fully saturated rings. The minimum absolute atomic E-state index is 0. The topological polar surface area (TPSA) is 63.4 Å². The van der Waals surface area contributed by atoms with Gasteiger partial charge in [0.2, 0.25) is 11.8 Å². The van der Waals surface area contributed by atoms with Crippen LogP contribution >= 0.6 is 24.2 Å². The van der Waals surface area contributed by atoms with Crippen molar-refractivity contribution in [2.24, 2.45) is 5.73 Å². The number of nitrogens with zero attached hydrogens (tertiary/aromatic N) is 1. The summed E-state index contributed by atoms with van der Waals surface area (Å²) >= 11 is 1.46. The lowest BCUT2D eigenvalue weighted by Gasteiger charge is -2.14. The van der Waals surface area contributed by atoms with Gasteiger partial charge in [0.05, 0.1) is 10.9 Å². The molecule has 6 heteroatoms. The van der Waals surface area contributed by atoms with Gasteiger partial charge in [-0.25, -0.2) is 4.90 Å². The van der Waals surface area contributed by atoms with Crippen LogP contribution in [0, 0.1) is 0 Å². The molecule has 1 aromatic carbocycles. The standard InChI is InChI=1S/C12H14N2O2S.ClH/c13-6-7-17-10-8-11(15)14(12(10)16)9-4-2-1-3-5-9;/h1-5,10H,6-8,13H2;1H. The molecule has 1 atom stereocenters. The monoisotopic (exact) mass is 286 g/mol. The van der Waals surface area contributed by atoms with Crippen LogP contribution in [-0.4, -0.2) is 29.4 Å². The number of rotatable bonds is 4. The fourth-order valence-corrected chi connectivity index (χ4v) is 2.72. The Balaban J connectivity index is 0.00000162. The predicted octanol–water partition coefficient (Wildman–Crippen LogP) is 1.43. The number of carbonyl (C=O) groups is 2. The molecule has 1 unspecified atom stereocenters. The molecular weight excluding hydrogens is 272 g/mol. The van der Waals surface area contributed by atoms with Crippen LogP contribution in [0.25, 0.3) is 0 Å². The molecule has 0 radical (unpaired) electrons. The molecule has 98 valence electrons. The Morgan fingerprint density at radius 2 is 1.94 bits per heavy atom. The van der Waals surface area contributed by atoms with Gasteiger partial charge in [0.25, 0.3) is 0 Å². The summed E-state index contributed by atoms with van der Waals surface area (Å²) in [6.45, 7) is 0.522. The molecule has 1 aromatic rings. The van der Waals surface area contributed by atoms with Gasteiger partial charge in [0.1, 0.15) is 0 Å². The molecule has 0 bridgehead atoms. The second-order valence-corrected chi connectivity index (χ2v) is 5.07. The summed E-state index contributed by atoms with van der Waals surface area (Å²) < 4.78 is 0. The highest BCUT2D eigenvalue weighted by Gasteiger charge is 2.39. The van der Waals surface area contributed by atoms with Crippen molar-refractivity contribution < 1.29 is 9.59 Å². The first-order valence-corrected chi connectivity index (χ1v) is 6.52. The zero-order chi connectivity index (χ0) is 12.3. The number of thioether (sulfide) groups is 1. The maximum Gasteiger partial charge on any atom is 0.247 e. The quantitative estimate of drug-likeness (QED) is 0.851. The molecule has 18 heavy (non-hydrogen) atoms. The number of anilines is 1. The minimum Gasteiger partial charge on any atom is -0.330 e. The molecule has 1 saturated heterocycles. The van der Waals surface area contributed by atoms with E-state index >= 15 is 0 Å². The Kier molecular flexibility index (Phi) is 5.65. The van der Waals surface area contributed by atoms with Gasteiger partial charge in [0.15, 0.2) is 0 Å². The number of halogens is 1. The van der Waals surface area contributed by atoms with Gasteiger partial charge in [-0.15, -0.1) is 24.2 Å². The molecule has 1 aliphatic heterocycles. The molecule has 4 nitrogen and oxygen atoms in total. The third-order valence-electron chi connectivity index (χ3n) is 2.56. The largest absolute Gasteiger partial charge is 0.330 e. The first-order chi connectivity index (χ1) is 8.24. The molecule has 2 N–H and O–H groups in total. The average Bonchev–Trinajstić information content (AvgIpc) is 2.63. The maximum atomic E-state index is 12.1. The summed E-state index contributed by atoms with van der Waals surface area (Å²) in [7, 11) is 0. The summed E-state index contributed by atoms with van der Waals surface area (Å²) in [5.41, 5.74) is 6.05. The molecule has 0 aliphatic carbocycles. The van der Waals surface area contributed by atoms with Crippen molar-refractivity contribution in [1.82, 2.24) is 0 Å². The lowest BCUT2D eigenvalue weighted by molar-refractivity contribution is -0.121. The second kappa shape index (κ2) is 6.78. The van der Waals surface area contributed by atoms with Crippen molar-refractivity contribution in [3.8, 4) is 0 Å². The van der Waals surface area contributed by atoms with Gasteiger partial charge >= 0.3 is 0 Å². The molecule has 0 saturated carbocycles. The van der Waals surface area contributed by atoms with E-state index in [4.69, 9.17) is 5.73 Å². The van der Waals surface area contributed by atoms with E-state index in [2.05, 4.69) is 0 Å². The van der Waals surface area contributed by atoms with Crippen LogP contribution in [0.3, 0.4) is 0 Å². The summed E-state index contributed by atoms with van der Waals surface area (Å²) in [6, 6.07) is 9.03. The Morgan fingerprint density at radius 3 is 2.56 bits per heavy atom. The molecule has 1 aliphatic rings. The van der Waals surface area contributed by atoms with Crippen LogP contribution in [-0.2, 0) is 9.59 Å². The van der Waals surface area contributed by atoms with E-state index in [1.165, 1.54) is 16.7 Å². The number of nitrogens with two attached hydrogens (primary N) is 1. The van der Waals surface area contributed by atoms with Crippen LogP contribution in [0.5, 0.6) is 0 Å². The van der Waals surface area contributed by atoms with Crippen molar-refractivity contribution in [3.05, 3.63) is 30.3 Å². The summed E-state index contributed by atoms with van der Waals surface area (Å²) in [5, 5.41) is -0.272. The van der Waals surface area contributed by atoms with Crippen LogP contribution in [0.4, 0.5) is 5.69 Å². The lowest BCUT2D eigenvalue weighted by Crippen LogP contribution is -2.31. The van der Waals surface area contributed by atoms with Gasteiger partial charge in [-0.3, -0.25) is 9.59 Å². The van der Waals surface area contributed by atoms with E-state index in [0.29, 0.717) is 18.0 Å². The molecule has 0 spiro atoms. The summed E-state index contributed by atoms with van der Waals surface area (Å²) in [6.07, 6.45) is 0.276. The Labute approximate surface area is 116 Å². The van der Waals surface area contributed by atoms with E-state index in [1.807, 2.05) is 18.2 Å². The normalized spacial score (nSPS) is 18.9. The van der Waals surface area contributed by atoms with Gasteiger partial charge < -0.3 is 5.73 Å². The molecule has 2 amide bonds. The van der Waals surface area contributed by atoms with E-state index in [1.54, 1.807) is 12.1 Å². The van der Waals surface area contributed by atoms with Crippen LogP contribution < -0.4 is 10.6 Å². The van der Waals surface area contributed by atoms with Crippen LogP contribution in [0.15, 0.2) is 30.3 Å². The maximum absolute atomic E-state index is 12.1. The van der Waals surface area contributed by atoms with Crippen molar-refractivity contribution in [2.45, 2.75) is 11.7 Å². The third kappa shape index (κ3) is 3.04. The van der Waals surface area contributed by atoms with Crippen molar-refractivity contribution in [2.75, 3.05) is 17.2 Å². The minimum atomic E-state index is -0.272. The van der Waals surface area contributed by atoms with Crippen molar-refractivity contribution >= 4 is 41.7 Å². The van der Waals surface area contributed by atoms with Gasteiger partial charge in [-0.1, -0.05) is 18.2 Å². The van der Waals surface area contributed by atoms with Gasteiger partial charge in [0, 0.05) is 18.7 Å². The highest BCUT2D eigenvalue weighted by molar-refractivity contribution is 8.00. The predicted molar refractivity (Wildman–Crippen MR) is 76.1 cm³/mol. The smallest absolute Gasteiger partial charge is 0.247 e. The highest BCUT2D eigenvalue weighted by Crippen LogP contribution is 2.28. The first kappa shape index (κ1) is 15.0. The summed E-state index contributed by atoms with van der Waals surface area (Å²) in [5.74, 6) is 0.446. The fourth-order valence-electron chi connectivity index (χ4n) is 1.79. The number of carbonyl (C=O) groups excluding carboxylic acids is 2. The van der Waals surface area contributed by atoms with E-state index < -0.39 is 0 Å². The fraction of sp³-hybridized carbons (Fsp3) is 0.333. The number of benzene rings is 1. The average molecular weight is 287 g/mol. The number of para-hydroxylation sites is 1. The zero-order valence-electron chi connectivity index (χ0n) is 9.74. The molecule has 1 heterocycles. The van der Waals surface area contributed by atoms with Gasteiger partial charge in [-0.2, -0.15) is 0 Å². The molecular formula is C12H15ClN2O2S. The second-order valence-electron chi connectivity index (χ2n) is 3.76. The number of imide groups is 1. The number of hydrogen-bond acceptors (Lipinski definition) is 4. The SMILES string of the molecule is Cl.NCCSC1CC(=O)N(c2ccccc2)C1=O. The van der Waals surface area contributed by atoms with E-state index in [0.717, 1.165) is 0 Å². The first-order valence-electron chi connectivity index (χ1n) is 5.47. The zero-order valence-corrected chi connectivity index (χ0v) is 11.4. The number of hydrogen-bond donors (Lipinski definition) is 1. The van der Waals surface area contributed by atoms with Crippen molar-refractivity contribution in [3.63, 3.8) is 0 Å².